The van der Waals surface area contributed by atoms with Crippen molar-refractivity contribution in [3.05, 3.63) is 6.92 Å². The number of hydrogen-bond donors (Lipinski definition) is 0. The Morgan fingerprint density at radius 3 is 1.60 bits per heavy atom. The molecule has 0 bridgehead atoms. The summed E-state index contributed by atoms with van der Waals surface area (Å²) in [5, 5.41) is 0. The van der Waals surface area contributed by atoms with Crippen molar-refractivity contribution in [2.45, 2.75) is 83.7 Å². The molecule has 0 amide bonds. The van der Waals surface area contributed by atoms with E-state index < -0.39 is 6.17 Å². The zero-order valence-corrected chi connectivity index (χ0v) is 10.4. The lowest BCUT2D eigenvalue weighted by atomic mass is 10.1. The summed E-state index contributed by atoms with van der Waals surface area (Å²) in [6.45, 7) is 5.60. The van der Waals surface area contributed by atoms with Crippen molar-refractivity contribution < 1.29 is 4.39 Å². The van der Waals surface area contributed by atoms with Gasteiger partial charge in [-0.1, -0.05) is 71.1 Å². The van der Waals surface area contributed by atoms with E-state index >= 15 is 0 Å². The molecule has 0 saturated carbocycles. The van der Waals surface area contributed by atoms with Gasteiger partial charge in [0.1, 0.15) is 6.17 Å². The molecule has 0 aromatic heterocycles. The van der Waals surface area contributed by atoms with Crippen LogP contribution in [0.5, 0.6) is 0 Å². The predicted octanol–water partition coefficient (Wildman–Crippen LogP) is 5.47. The molecule has 1 unspecified atom stereocenters. The minimum atomic E-state index is -0.848. The Morgan fingerprint density at radius 1 is 0.800 bits per heavy atom. The topological polar surface area (TPSA) is 0 Å². The summed E-state index contributed by atoms with van der Waals surface area (Å²) in [4.78, 5) is 0. The highest BCUT2D eigenvalue weighted by Gasteiger charge is 1.97. The summed E-state index contributed by atoms with van der Waals surface area (Å²) in [7, 11) is 0. The van der Waals surface area contributed by atoms with Crippen LogP contribution >= 0.6 is 0 Å². The van der Waals surface area contributed by atoms with Gasteiger partial charge >= 0.3 is 0 Å². The molecule has 0 aliphatic rings. The van der Waals surface area contributed by atoms with Crippen LogP contribution in [0.25, 0.3) is 0 Å². The van der Waals surface area contributed by atoms with Crippen molar-refractivity contribution in [1.29, 1.82) is 0 Å². The van der Waals surface area contributed by atoms with Crippen LogP contribution in [0.1, 0.15) is 77.6 Å². The zero-order chi connectivity index (χ0) is 11.4. The van der Waals surface area contributed by atoms with Crippen LogP contribution in [-0.4, -0.2) is 6.17 Å². The highest BCUT2D eigenvalue weighted by molar-refractivity contribution is 4.57. The second-order valence-electron chi connectivity index (χ2n) is 4.57. The minimum Gasteiger partial charge on any atom is -0.247 e. The Bertz CT molecular complexity index is 110. The molecule has 0 nitrogen and oxygen atoms in total. The van der Waals surface area contributed by atoms with Gasteiger partial charge in [0, 0.05) is 0 Å². The monoisotopic (exact) mass is 215 g/mol. The van der Waals surface area contributed by atoms with Gasteiger partial charge in [-0.3, -0.25) is 0 Å². The molecule has 1 heteroatoms. The molecule has 0 heterocycles. The molecule has 15 heavy (non-hydrogen) atoms. The number of unbranched alkanes of at least 4 members (excludes halogenated alkanes) is 9. The quantitative estimate of drug-likeness (QED) is 0.401. The Hall–Kier alpha value is -0.0700. The van der Waals surface area contributed by atoms with E-state index in [1.807, 2.05) is 0 Å². The first-order valence-corrected chi connectivity index (χ1v) is 6.74. The minimum absolute atomic E-state index is 0.649. The molecule has 0 fully saturated rings. The third-order valence-corrected chi connectivity index (χ3v) is 2.87. The largest absolute Gasteiger partial charge is 0.247 e. The third kappa shape index (κ3) is 13.9. The summed E-state index contributed by atoms with van der Waals surface area (Å²) in [6, 6.07) is 0. The van der Waals surface area contributed by atoms with E-state index in [9.17, 15) is 4.39 Å². The molecule has 0 aliphatic heterocycles. The predicted molar refractivity (Wildman–Crippen MR) is 66.7 cm³/mol. The van der Waals surface area contributed by atoms with Crippen molar-refractivity contribution in [2.24, 2.45) is 0 Å². The molecular formula is C14H28F. The fourth-order valence-electron chi connectivity index (χ4n) is 1.85. The fraction of sp³-hybridized carbons (Fsp3) is 0.929. The van der Waals surface area contributed by atoms with Gasteiger partial charge in [-0.05, 0) is 13.3 Å². The molecule has 0 aromatic carbocycles. The van der Waals surface area contributed by atoms with Gasteiger partial charge in [-0.15, -0.1) is 0 Å². The van der Waals surface area contributed by atoms with Gasteiger partial charge in [0.25, 0.3) is 0 Å². The average molecular weight is 215 g/mol. The highest BCUT2D eigenvalue weighted by atomic mass is 19.1. The zero-order valence-electron chi connectivity index (χ0n) is 10.4. The van der Waals surface area contributed by atoms with Crippen LogP contribution in [0.3, 0.4) is 0 Å². The molecule has 0 rings (SSSR count). The molecule has 0 spiro atoms. The van der Waals surface area contributed by atoms with Gasteiger partial charge < -0.3 is 0 Å². The molecule has 1 atom stereocenters. The number of rotatable bonds is 11. The Labute approximate surface area is 95.6 Å². The smallest absolute Gasteiger partial charge is 0.100 e. The Morgan fingerprint density at radius 2 is 1.20 bits per heavy atom. The first kappa shape index (κ1) is 14.9. The van der Waals surface area contributed by atoms with Gasteiger partial charge in [0.15, 0.2) is 0 Å². The van der Waals surface area contributed by atoms with E-state index in [1.54, 1.807) is 0 Å². The van der Waals surface area contributed by atoms with Crippen LogP contribution < -0.4 is 0 Å². The van der Waals surface area contributed by atoms with E-state index in [1.165, 1.54) is 57.8 Å². The summed E-state index contributed by atoms with van der Waals surface area (Å²) in [5.41, 5.74) is 0. The van der Waals surface area contributed by atoms with Crippen LogP contribution in [0, 0.1) is 6.92 Å². The SMILES string of the molecule is [CH2]C(F)CCCCCCCCCCCC. The third-order valence-electron chi connectivity index (χ3n) is 2.87. The molecule has 0 saturated heterocycles. The maximum atomic E-state index is 12.3. The standard InChI is InChI=1S/C14H28F/c1-3-4-5-6-7-8-9-10-11-12-13-14(2)15/h14H,2-13H2,1H3. The Kier molecular flexibility index (Phi) is 11.9. The lowest BCUT2D eigenvalue weighted by Gasteiger charge is -2.02. The maximum absolute atomic E-state index is 12.3. The summed E-state index contributed by atoms with van der Waals surface area (Å²) in [6.07, 6.45) is 12.9. The number of alkyl halides is 1. The maximum Gasteiger partial charge on any atom is 0.100 e. The van der Waals surface area contributed by atoms with Crippen molar-refractivity contribution >= 4 is 0 Å². The van der Waals surface area contributed by atoms with E-state index in [0.717, 1.165) is 6.42 Å². The molecule has 1 radical (unpaired) electrons. The van der Waals surface area contributed by atoms with Crippen LogP contribution in [0.4, 0.5) is 4.39 Å². The van der Waals surface area contributed by atoms with E-state index in [4.69, 9.17) is 0 Å². The van der Waals surface area contributed by atoms with Gasteiger partial charge in [0.2, 0.25) is 0 Å². The van der Waals surface area contributed by atoms with Gasteiger partial charge in [0.05, 0.1) is 0 Å². The van der Waals surface area contributed by atoms with Crippen molar-refractivity contribution in [3.63, 3.8) is 0 Å². The summed E-state index contributed by atoms with van der Waals surface area (Å²) >= 11 is 0. The molecule has 91 valence electrons. The lowest BCUT2D eigenvalue weighted by molar-refractivity contribution is 0.361. The normalized spacial score (nSPS) is 13.0. The van der Waals surface area contributed by atoms with Crippen LogP contribution in [-0.2, 0) is 0 Å². The number of halogens is 1. The lowest BCUT2D eigenvalue weighted by Crippen LogP contribution is -1.92. The molecule has 0 aromatic rings. The van der Waals surface area contributed by atoms with Crippen molar-refractivity contribution in [2.75, 3.05) is 0 Å². The number of hydrogen-bond acceptors (Lipinski definition) is 0. The van der Waals surface area contributed by atoms with Gasteiger partial charge in [-0.2, -0.15) is 0 Å². The Balaban J connectivity index is 2.87. The van der Waals surface area contributed by atoms with Crippen LogP contribution in [0.15, 0.2) is 0 Å². The molecule has 0 aliphatic carbocycles. The van der Waals surface area contributed by atoms with E-state index in [-0.39, 0.29) is 0 Å². The van der Waals surface area contributed by atoms with Gasteiger partial charge in [-0.25, -0.2) is 4.39 Å². The molecular weight excluding hydrogens is 187 g/mol. The van der Waals surface area contributed by atoms with Crippen molar-refractivity contribution in [1.82, 2.24) is 0 Å². The highest BCUT2D eigenvalue weighted by Crippen LogP contribution is 2.12. The van der Waals surface area contributed by atoms with E-state index in [0.29, 0.717) is 6.42 Å². The van der Waals surface area contributed by atoms with Crippen molar-refractivity contribution in [3.8, 4) is 0 Å². The second kappa shape index (κ2) is 12.0. The molecule has 0 N–H and O–H groups in total. The summed E-state index contributed by atoms with van der Waals surface area (Å²) in [5.74, 6) is 0. The first-order valence-electron chi connectivity index (χ1n) is 6.74. The van der Waals surface area contributed by atoms with E-state index in [2.05, 4.69) is 13.8 Å². The average Bonchev–Trinajstić information content (AvgIpc) is 2.20. The first-order chi connectivity index (χ1) is 7.27. The fourth-order valence-corrected chi connectivity index (χ4v) is 1.85. The second-order valence-corrected chi connectivity index (χ2v) is 4.57. The summed E-state index contributed by atoms with van der Waals surface area (Å²) < 4.78 is 12.3. The van der Waals surface area contributed by atoms with Crippen LogP contribution in [0.2, 0.25) is 0 Å².